The maximum atomic E-state index is 12.0. The summed E-state index contributed by atoms with van der Waals surface area (Å²) in [6, 6.07) is -0.126. The van der Waals surface area contributed by atoms with Crippen LogP contribution in [0.25, 0.3) is 0 Å². The van der Waals surface area contributed by atoms with Gasteiger partial charge in [0.1, 0.15) is 0 Å². The van der Waals surface area contributed by atoms with Crippen molar-refractivity contribution in [2.24, 2.45) is 5.73 Å². The van der Waals surface area contributed by atoms with Crippen molar-refractivity contribution in [2.45, 2.75) is 31.5 Å². The molecule has 0 radical (unpaired) electrons. The van der Waals surface area contributed by atoms with Gasteiger partial charge in [-0.1, -0.05) is 6.92 Å². The molecule has 0 fully saturated rings. The van der Waals surface area contributed by atoms with Crippen molar-refractivity contribution < 1.29 is 8.42 Å². The summed E-state index contributed by atoms with van der Waals surface area (Å²) in [5.74, 6) is 1.70. The summed E-state index contributed by atoms with van der Waals surface area (Å²) >= 11 is 1.69. The molecule has 0 aliphatic rings. The first-order chi connectivity index (χ1) is 8.01. The average molecular weight is 278 g/mol. The van der Waals surface area contributed by atoms with E-state index in [-0.39, 0.29) is 17.6 Å². The second-order valence-electron chi connectivity index (χ2n) is 3.61. The fourth-order valence-electron chi connectivity index (χ4n) is 1.33. The maximum absolute atomic E-state index is 12.0. The highest BCUT2D eigenvalue weighted by Gasteiger charge is 2.22. The Morgan fingerprint density at radius 3 is 2.94 bits per heavy atom. The Morgan fingerprint density at radius 1 is 1.65 bits per heavy atom. The quantitative estimate of drug-likeness (QED) is 0.665. The first kappa shape index (κ1) is 14.5. The predicted octanol–water partition coefficient (Wildman–Crippen LogP) is 0.288. The second kappa shape index (κ2) is 6.39. The van der Waals surface area contributed by atoms with Crippen LogP contribution in [0.15, 0.2) is 11.2 Å². The van der Waals surface area contributed by atoms with Gasteiger partial charge in [0.15, 0.2) is 5.03 Å². The van der Waals surface area contributed by atoms with Crippen LogP contribution in [0.1, 0.15) is 19.4 Å². The van der Waals surface area contributed by atoms with Gasteiger partial charge in [-0.15, -0.1) is 0 Å². The molecule has 1 unspecified atom stereocenters. The first-order valence-corrected chi connectivity index (χ1v) is 7.97. The van der Waals surface area contributed by atoms with Crippen LogP contribution in [0.5, 0.6) is 0 Å². The van der Waals surface area contributed by atoms with Crippen LogP contribution >= 0.6 is 11.8 Å². The molecule has 0 bridgehead atoms. The molecule has 4 N–H and O–H groups in total. The number of hydrogen-bond acceptors (Lipinski definition) is 5. The van der Waals surface area contributed by atoms with Gasteiger partial charge in [0, 0.05) is 23.9 Å². The number of H-pyrrole nitrogens is 1. The first-order valence-electron chi connectivity index (χ1n) is 5.33. The maximum Gasteiger partial charge on any atom is 0.258 e. The van der Waals surface area contributed by atoms with Crippen LogP contribution in [0.3, 0.4) is 0 Å². The van der Waals surface area contributed by atoms with Gasteiger partial charge in [-0.3, -0.25) is 5.10 Å². The predicted molar refractivity (Wildman–Crippen MR) is 69.3 cm³/mol. The Balaban J connectivity index is 2.75. The van der Waals surface area contributed by atoms with Gasteiger partial charge >= 0.3 is 0 Å². The number of sulfonamides is 1. The summed E-state index contributed by atoms with van der Waals surface area (Å²) in [6.45, 7) is 4.01. The lowest BCUT2D eigenvalue weighted by molar-refractivity contribution is 0.565. The molecule has 1 aromatic rings. The van der Waals surface area contributed by atoms with Crippen LogP contribution in [0, 0.1) is 0 Å². The van der Waals surface area contributed by atoms with E-state index in [2.05, 4.69) is 14.9 Å². The Morgan fingerprint density at radius 2 is 2.35 bits per heavy atom. The van der Waals surface area contributed by atoms with Crippen molar-refractivity contribution >= 4 is 21.8 Å². The van der Waals surface area contributed by atoms with Gasteiger partial charge in [0.25, 0.3) is 10.0 Å². The summed E-state index contributed by atoms with van der Waals surface area (Å²) in [4.78, 5) is 0. The molecule has 1 heterocycles. The monoisotopic (exact) mass is 278 g/mol. The zero-order valence-electron chi connectivity index (χ0n) is 9.93. The third kappa shape index (κ3) is 3.98. The SMILES string of the molecule is CCSCC(C)NS(=O)(=O)c1[nH]ncc1CN. The van der Waals surface area contributed by atoms with Crippen molar-refractivity contribution in [1.29, 1.82) is 0 Å². The van der Waals surface area contributed by atoms with Crippen LogP contribution < -0.4 is 10.5 Å². The number of rotatable bonds is 7. The van der Waals surface area contributed by atoms with Crippen LogP contribution in [0.4, 0.5) is 0 Å². The van der Waals surface area contributed by atoms with Crippen LogP contribution in [-0.4, -0.2) is 36.2 Å². The molecule has 0 spiro atoms. The van der Waals surface area contributed by atoms with E-state index in [0.29, 0.717) is 5.56 Å². The highest BCUT2D eigenvalue weighted by Crippen LogP contribution is 2.12. The van der Waals surface area contributed by atoms with Crippen LogP contribution in [0.2, 0.25) is 0 Å². The molecule has 1 aromatic heterocycles. The van der Waals surface area contributed by atoms with Gasteiger partial charge in [-0.25, -0.2) is 13.1 Å². The molecule has 1 atom stereocenters. The molecule has 98 valence electrons. The minimum absolute atomic E-state index is 0.0633. The van der Waals surface area contributed by atoms with Gasteiger partial charge < -0.3 is 5.73 Å². The highest BCUT2D eigenvalue weighted by molar-refractivity contribution is 7.99. The Kier molecular flexibility index (Phi) is 5.44. The van der Waals surface area contributed by atoms with E-state index in [4.69, 9.17) is 5.73 Å². The minimum atomic E-state index is -3.55. The third-order valence-electron chi connectivity index (χ3n) is 2.10. The molecular weight excluding hydrogens is 260 g/mol. The summed E-state index contributed by atoms with van der Waals surface area (Å²) in [5, 5.41) is 6.23. The smallest absolute Gasteiger partial charge is 0.258 e. The normalized spacial score (nSPS) is 13.8. The molecular formula is C9H18N4O2S2. The summed E-state index contributed by atoms with van der Waals surface area (Å²) in [7, 11) is -3.55. The van der Waals surface area contributed by atoms with Crippen LogP contribution in [-0.2, 0) is 16.6 Å². The van der Waals surface area contributed by atoms with Crippen molar-refractivity contribution in [3.63, 3.8) is 0 Å². The molecule has 0 amide bonds. The van der Waals surface area contributed by atoms with Crippen molar-refractivity contribution in [2.75, 3.05) is 11.5 Å². The number of thioether (sulfide) groups is 1. The zero-order valence-corrected chi connectivity index (χ0v) is 11.6. The molecule has 17 heavy (non-hydrogen) atoms. The largest absolute Gasteiger partial charge is 0.326 e. The lowest BCUT2D eigenvalue weighted by atomic mass is 10.4. The van der Waals surface area contributed by atoms with Gasteiger partial charge in [-0.2, -0.15) is 16.9 Å². The lowest BCUT2D eigenvalue weighted by Gasteiger charge is -2.13. The molecule has 1 rings (SSSR count). The minimum Gasteiger partial charge on any atom is -0.326 e. The lowest BCUT2D eigenvalue weighted by Crippen LogP contribution is -2.35. The number of aromatic amines is 1. The van der Waals surface area contributed by atoms with Crippen molar-refractivity contribution in [3.8, 4) is 0 Å². The van der Waals surface area contributed by atoms with Crippen molar-refractivity contribution in [1.82, 2.24) is 14.9 Å². The molecule has 0 aliphatic carbocycles. The topological polar surface area (TPSA) is 101 Å². The Hall–Kier alpha value is -0.570. The van der Waals surface area contributed by atoms with Gasteiger partial charge in [-0.05, 0) is 12.7 Å². The van der Waals surface area contributed by atoms with E-state index >= 15 is 0 Å². The van der Waals surface area contributed by atoms with E-state index in [0.717, 1.165) is 11.5 Å². The number of aromatic nitrogens is 2. The molecule has 6 nitrogen and oxygen atoms in total. The zero-order chi connectivity index (χ0) is 12.9. The van der Waals surface area contributed by atoms with Gasteiger partial charge in [0.05, 0.1) is 6.20 Å². The Bertz CT molecular complexity index is 444. The summed E-state index contributed by atoms with van der Waals surface area (Å²) < 4.78 is 26.6. The fourth-order valence-corrected chi connectivity index (χ4v) is 3.49. The third-order valence-corrected chi connectivity index (χ3v) is 4.84. The molecule has 0 aromatic carbocycles. The van der Waals surface area contributed by atoms with E-state index in [1.54, 1.807) is 11.8 Å². The number of nitrogens with one attached hydrogen (secondary N) is 2. The average Bonchev–Trinajstić information content (AvgIpc) is 2.74. The van der Waals surface area contributed by atoms with E-state index in [9.17, 15) is 8.42 Å². The molecule has 0 saturated heterocycles. The molecule has 0 saturated carbocycles. The van der Waals surface area contributed by atoms with E-state index in [1.165, 1.54) is 6.20 Å². The summed E-state index contributed by atoms with van der Waals surface area (Å²) in [5.41, 5.74) is 5.94. The number of hydrogen-bond donors (Lipinski definition) is 3. The highest BCUT2D eigenvalue weighted by atomic mass is 32.2. The van der Waals surface area contributed by atoms with E-state index < -0.39 is 10.0 Å². The second-order valence-corrected chi connectivity index (χ2v) is 6.58. The Labute approximate surface area is 106 Å². The fraction of sp³-hybridized carbons (Fsp3) is 0.667. The standard InChI is InChI=1S/C9H18N4O2S2/c1-3-16-6-7(2)13-17(14,15)9-8(4-10)5-11-12-9/h5,7,13H,3-4,6,10H2,1-2H3,(H,11,12). The number of nitrogens with two attached hydrogens (primary N) is 1. The van der Waals surface area contributed by atoms with Gasteiger partial charge in [0.2, 0.25) is 0 Å². The molecule has 0 aliphatic heterocycles. The molecule has 8 heteroatoms. The number of nitrogens with zero attached hydrogens (tertiary/aromatic N) is 1. The summed E-state index contributed by atoms with van der Waals surface area (Å²) in [6.07, 6.45) is 1.43. The van der Waals surface area contributed by atoms with E-state index in [1.807, 2.05) is 13.8 Å². The van der Waals surface area contributed by atoms with Crippen molar-refractivity contribution in [3.05, 3.63) is 11.8 Å².